The number of ether oxygens (including phenoxy) is 2. The molecule has 15 nitrogen and oxygen atoms in total. The molecule has 0 radical (unpaired) electrons. The summed E-state index contributed by atoms with van der Waals surface area (Å²) in [4.78, 5) is 53.2. The first kappa shape index (κ1) is 60.3. The zero-order valence-corrected chi connectivity index (χ0v) is 48.3. The molecule has 22 heteroatoms. The average Bonchev–Trinajstić information content (AvgIpc) is 2.43. The zero-order chi connectivity index (χ0) is 61.0. The maximum atomic E-state index is 14.9. The van der Waals surface area contributed by atoms with Crippen molar-refractivity contribution in [1.29, 1.82) is 0 Å². The number of anilines is 3. The Labute approximate surface area is 497 Å². The van der Waals surface area contributed by atoms with Crippen LogP contribution in [0.4, 0.5) is 43.5 Å². The second kappa shape index (κ2) is 25.4. The number of amides is 2. The molecule has 3 aromatic heterocycles. The van der Waals surface area contributed by atoms with Crippen LogP contribution in [-0.4, -0.2) is 125 Å². The van der Waals surface area contributed by atoms with Crippen molar-refractivity contribution < 1.29 is 45.4 Å². The Morgan fingerprint density at radius 3 is 1.81 bits per heavy atom. The van der Waals surface area contributed by atoms with E-state index in [2.05, 4.69) is 64.1 Å². The van der Waals surface area contributed by atoms with Gasteiger partial charge in [0, 0.05) is 140 Å². The molecule has 442 valence electrons. The number of aryl methyl sites for hydroxylation is 1. The number of halogens is 7. The molecule has 2 amide bonds. The summed E-state index contributed by atoms with van der Waals surface area (Å²) in [6, 6.07) is 20.9. The molecule has 0 atom stereocenters. The van der Waals surface area contributed by atoms with Gasteiger partial charge < -0.3 is 30.7 Å². The van der Waals surface area contributed by atoms with Crippen LogP contribution in [0.15, 0.2) is 104 Å². The third kappa shape index (κ3) is 14.0. The van der Waals surface area contributed by atoms with E-state index in [0.29, 0.717) is 112 Å². The van der Waals surface area contributed by atoms with Gasteiger partial charge in [0.05, 0.1) is 36.4 Å². The SMILES string of the molecule is COc1cc2ncnc(C#Cc3cc(C(=O)Nc4ccc(CN5CCN(C)CC5)c(C(F)(F)F)c4)cc(CN4CCN(Cc5ccc(NC(=O)c6cc(C#Cc7c(N)ncc8ccc(Cl)cc78)c(C)cn6)cc5C(F)(F)F)CC4)c3C)c2cc1OC. The minimum atomic E-state index is -4.77. The maximum absolute atomic E-state index is 14.9. The van der Waals surface area contributed by atoms with Gasteiger partial charge >= 0.3 is 12.4 Å². The smallest absolute Gasteiger partial charge is 0.416 e. The summed E-state index contributed by atoms with van der Waals surface area (Å²) >= 11 is 6.26. The molecular weight excluding hydrogens is 1140 g/mol. The third-order valence-electron chi connectivity index (χ3n) is 15.4. The van der Waals surface area contributed by atoms with Gasteiger partial charge in [0.1, 0.15) is 23.5 Å². The number of piperazine rings is 2. The Hall–Kier alpha value is -8.83. The molecule has 5 aromatic carbocycles. The number of benzene rings is 5. The summed E-state index contributed by atoms with van der Waals surface area (Å²) < 4.78 is 99.5. The number of nitrogens with one attached hydrogen (secondary N) is 2. The van der Waals surface area contributed by atoms with Crippen molar-refractivity contribution in [2.24, 2.45) is 0 Å². The molecule has 0 saturated carbocycles. The Kier molecular flexibility index (Phi) is 17.8. The van der Waals surface area contributed by atoms with Gasteiger partial charge in [-0.05, 0) is 115 Å². The number of nitrogen functional groups attached to an aromatic ring is 1. The quantitative estimate of drug-likeness (QED) is 0.0782. The van der Waals surface area contributed by atoms with Gasteiger partial charge in [0.15, 0.2) is 11.5 Å². The maximum Gasteiger partial charge on any atom is 0.416 e. The van der Waals surface area contributed by atoms with E-state index in [-0.39, 0.29) is 52.7 Å². The highest BCUT2D eigenvalue weighted by Crippen LogP contribution is 2.38. The first-order chi connectivity index (χ1) is 41.1. The van der Waals surface area contributed by atoms with Crippen LogP contribution >= 0.6 is 11.6 Å². The molecular formula is C64H58ClF6N11O4. The molecule has 4 N–H and O–H groups in total. The highest BCUT2D eigenvalue weighted by atomic mass is 35.5. The molecule has 2 saturated heterocycles. The van der Waals surface area contributed by atoms with Crippen molar-refractivity contribution in [3.05, 3.63) is 181 Å². The van der Waals surface area contributed by atoms with Crippen molar-refractivity contribution in [2.45, 2.75) is 45.8 Å². The van der Waals surface area contributed by atoms with E-state index in [0.717, 1.165) is 36.2 Å². The predicted octanol–water partition coefficient (Wildman–Crippen LogP) is 10.8. The zero-order valence-electron chi connectivity index (χ0n) is 47.5. The molecule has 10 rings (SSSR count). The number of alkyl halides is 6. The lowest BCUT2D eigenvalue weighted by molar-refractivity contribution is -0.139. The highest BCUT2D eigenvalue weighted by Gasteiger charge is 2.36. The molecule has 0 bridgehead atoms. The number of likely N-dealkylation sites (N-methyl/N-ethyl adjacent to an activating group) is 1. The molecule has 2 aliphatic rings. The summed E-state index contributed by atoms with van der Waals surface area (Å²) in [5.41, 5.74) is 8.81. The van der Waals surface area contributed by atoms with Crippen LogP contribution in [0.3, 0.4) is 0 Å². The Morgan fingerprint density at radius 1 is 0.616 bits per heavy atom. The van der Waals surface area contributed by atoms with E-state index in [9.17, 15) is 35.9 Å². The third-order valence-corrected chi connectivity index (χ3v) is 15.6. The lowest BCUT2D eigenvalue weighted by Gasteiger charge is -2.35. The van der Waals surface area contributed by atoms with E-state index >= 15 is 0 Å². The fourth-order valence-electron chi connectivity index (χ4n) is 10.4. The van der Waals surface area contributed by atoms with Crippen LogP contribution in [0.25, 0.3) is 21.7 Å². The lowest BCUT2D eigenvalue weighted by atomic mass is 9.97. The number of rotatable bonds is 12. The van der Waals surface area contributed by atoms with Gasteiger partial charge in [0.25, 0.3) is 11.8 Å². The highest BCUT2D eigenvalue weighted by molar-refractivity contribution is 6.31. The van der Waals surface area contributed by atoms with Crippen LogP contribution in [0.2, 0.25) is 5.02 Å². The predicted molar refractivity (Wildman–Crippen MR) is 318 cm³/mol. The van der Waals surface area contributed by atoms with E-state index in [1.165, 1.54) is 57.1 Å². The number of nitrogens with two attached hydrogens (primary N) is 1. The summed E-state index contributed by atoms with van der Waals surface area (Å²) in [6.45, 7) is 8.32. The molecule has 0 unspecified atom stereocenters. The minimum absolute atomic E-state index is 0.0114. The summed E-state index contributed by atoms with van der Waals surface area (Å²) in [5.74, 6) is 12.1. The first-order valence-corrected chi connectivity index (χ1v) is 27.7. The van der Waals surface area contributed by atoms with Crippen LogP contribution in [0.5, 0.6) is 11.5 Å². The molecule has 0 aliphatic carbocycles. The van der Waals surface area contributed by atoms with Crippen molar-refractivity contribution in [3.63, 3.8) is 0 Å². The normalized spacial score (nSPS) is 14.5. The Balaban J connectivity index is 0.859. The van der Waals surface area contributed by atoms with Crippen molar-refractivity contribution in [2.75, 3.05) is 90.0 Å². The topological polar surface area (TPSA) is 167 Å². The van der Waals surface area contributed by atoms with Gasteiger partial charge in [-0.15, -0.1) is 0 Å². The van der Waals surface area contributed by atoms with Gasteiger partial charge in [0.2, 0.25) is 0 Å². The van der Waals surface area contributed by atoms with Gasteiger partial charge in [-0.25, -0.2) is 15.0 Å². The van der Waals surface area contributed by atoms with Crippen LogP contribution in [0.1, 0.15) is 82.2 Å². The second-order valence-corrected chi connectivity index (χ2v) is 21.6. The number of methoxy groups -OCH3 is 2. The van der Waals surface area contributed by atoms with Crippen molar-refractivity contribution in [1.82, 2.24) is 39.5 Å². The summed E-state index contributed by atoms with van der Waals surface area (Å²) in [6.07, 6.45) is -5.03. The van der Waals surface area contributed by atoms with Gasteiger partial charge in [-0.1, -0.05) is 47.6 Å². The summed E-state index contributed by atoms with van der Waals surface area (Å²) in [5, 5.41) is 7.79. The van der Waals surface area contributed by atoms with E-state index in [1.54, 1.807) is 55.6 Å². The van der Waals surface area contributed by atoms with E-state index in [4.69, 9.17) is 26.8 Å². The number of aromatic nitrogens is 4. The lowest BCUT2D eigenvalue weighted by Crippen LogP contribution is -2.45. The van der Waals surface area contributed by atoms with E-state index < -0.39 is 35.3 Å². The number of carbonyl (C=O) groups excluding carboxylic acids is 2. The van der Waals surface area contributed by atoms with Crippen LogP contribution in [-0.2, 0) is 32.0 Å². The molecule has 86 heavy (non-hydrogen) atoms. The summed E-state index contributed by atoms with van der Waals surface area (Å²) in [7, 11) is 4.98. The van der Waals surface area contributed by atoms with Gasteiger partial charge in [-0.2, -0.15) is 26.3 Å². The number of pyridine rings is 2. The number of carbonyl (C=O) groups is 2. The van der Waals surface area contributed by atoms with Crippen molar-refractivity contribution in [3.8, 4) is 35.2 Å². The van der Waals surface area contributed by atoms with Crippen LogP contribution < -0.4 is 25.8 Å². The number of hydrogen-bond donors (Lipinski definition) is 3. The Bertz CT molecular complexity index is 4060. The second-order valence-electron chi connectivity index (χ2n) is 21.2. The average molecular weight is 1190 g/mol. The largest absolute Gasteiger partial charge is 0.493 e. The molecule has 2 fully saturated rings. The van der Waals surface area contributed by atoms with Crippen molar-refractivity contribution >= 4 is 62.3 Å². The monoisotopic (exact) mass is 1190 g/mol. The molecule has 8 aromatic rings. The fraction of sp³-hybridized carbons (Fsp3) is 0.281. The fourth-order valence-corrected chi connectivity index (χ4v) is 10.6. The number of fused-ring (bicyclic) bond motifs is 2. The Morgan fingerprint density at radius 2 is 1.20 bits per heavy atom. The number of hydrogen-bond acceptors (Lipinski definition) is 13. The minimum Gasteiger partial charge on any atom is -0.493 e. The molecule has 0 spiro atoms. The first-order valence-electron chi connectivity index (χ1n) is 27.3. The molecule has 2 aliphatic heterocycles. The van der Waals surface area contributed by atoms with Gasteiger partial charge in [-0.3, -0.25) is 29.3 Å². The van der Waals surface area contributed by atoms with E-state index in [1.807, 2.05) is 23.8 Å². The standard InChI is InChI=1S/C64H58ClF6N11O4/c1-38-32-73-57(26-40(38)9-14-50-51-27-47(65)11-6-42(51)33-74-60(50)72)62(84)78-49-13-8-44(54(29-49)64(69,70)71)35-81-20-22-82(23-21-81)36-46-25-45(24-41(39(46)2)10-15-55-52-30-58(85-4)59(86-5)31-56(52)76-37-75-55)61(83)77-48-12-7-43(53(28-48)63(66,67)68)34-80-18-16-79(3)17-19-80/h6-8,11-13,24-33,37H,16-23,34-36H2,1-5H3,(H2,72,74)(H,77,83)(H,78,84). The number of nitrogens with zero attached hydrogens (tertiary/aromatic N) is 8. The van der Waals surface area contributed by atoms with Crippen LogP contribution in [0, 0.1) is 37.5 Å². The molecule has 5 heterocycles.